The summed E-state index contributed by atoms with van der Waals surface area (Å²) in [5.74, 6) is 0. The SMILES string of the molecule is c1ccc(-c2cccc3cccc(-c4cccc(N(c5ccc(-c6cccc7ccccc67)cc5)c5ccc(-c6cccc7ccccc67)cc5)c4)c23)cc1. The average molecular weight is 700 g/mol. The van der Waals surface area contributed by atoms with Crippen molar-refractivity contribution in [2.24, 2.45) is 0 Å². The van der Waals surface area contributed by atoms with Gasteiger partial charge in [0, 0.05) is 17.1 Å². The van der Waals surface area contributed by atoms with E-state index in [9.17, 15) is 0 Å². The first-order chi connectivity index (χ1) is 27.3. The molecule has 0 saturated carbocycles. The summed E-state index contributed by atoms with van der Waals surface area (Å²) in [5, 5.41) is 7.51. The number of rotatable bonds is 7. The molecule has 0 atom stereocenters. The van der Waals surface area contributed by atoms with Crippen LogP contribution in [0.1, 0.15) is 0 Å². The molecule has 0 radical (unpaired) electrons. The molecule has 0 saturated heterocycles. The van der Waals surface area contributed by atoms with Crippen molar-refractivity contribution in [2.45, 2.75) is 0 Å². The van der Waals surface area contributed by atoms with E-state index in [0.717, 1.165) is 17.1 Å². The maximum Gasteiger partial charge on any atom is 0.0467 e. The van der Waals surface area contributed by atoms with Crippen molar-refractivity contribution in [3.8, 4) is 44.5 Å². The maximum absolute atomic E-state index is 2.38. The number of hydrogen-bond donors (Lipinski definition) is 0. The lowest BCUT2D eigenvalue weighted by molar-refractivity contribution is 1.28. The lowest BCUT2D eigenvalue weighted by Crippen LogP contribution is -2.10. The normalized spacial score (nSPS) is 11.3. The Bertz CT molecular complexity index is 2820. The highest BCUT2D eigenvalue weighted by Crippen LogP contribution is 2.42. The summed E-state index contributed by atoms with van der Waals surface area (Å²) >= 11 is 0. The van der Waals surface area contributed by atoms with Gasteiger partial charge < -0.3 is 4.90 Å². The summed E-state index contributed by atoms with van der Waals surface area (Å²) in [4.78, 5) is 2.38. The van der Waals surface area contributed by atoms with Gasteiger partial charge in [0.15, 0.2) is 0 Å². The summed E-state index contributed by atoms with van der Waals surface area (Å²) in [7, 11) is 0. The van der Waals surface area contributed by atoms with Crippen molar-refractivity contribution in [3.05, 3.63) is 224 Å². The van der Waals surface area contributed by atoms with Crippen molar-refractivity contribution in [2.75, 3.05) is 4.90 Å². The minimum absolute atomic E-state index is 1.10. The third-order valence-corrected chi connectivity index (χ3v) is 10.9. The van der Waals surface area contributed by atoms with Crippen LogP contribution in [0.5, 0.6) is 0 Å². The van der Waals surface area contributed by atoms with Crippen LogP contribution >= 0.6 is 0 Å². The van der Waals surface area contributed by atoms with Gasteiger partial charge in [-0.3, -0.25) is 0 Å². The first kappa shape index (κ1) is 32.4. The van der Waals surface area contributed by atoms with Gasteiger partial charge in [0.25, 0.3) is 0 Å². The third-order valence-electron chi connectivity index (χ3n) is 10.9. The van der Waals surface area contributed by atoms with Crippen LogP contribution < -0.4 is 4.90 Å². The first-order valence-electron chi connectivity index (χ1n) is 18.9. The Hall–Kier alpha value is -7.22. The van der Waals surface area contributed by atoms with Crippen molar-refractivity contribution < 1.29 is 0 Å². The highest BCUT2D eigenvalue weighted by molar-refractivity contribution is 6.07. The van der Waals surface area contributed by atoms with Gasteiger partial charge in [-0.05, 0) is 113 Å². The molecule has 0 spiro atoms. The van der Waals surface area contributed by atoms with Crippen LogP contribution in [0.25, 0.3) is 76.8 Å². The summed E-state index contributed by atoms with van der Waals surface area (Å²) in [6, 6.07) is 81.4. The highest BCUT2D eigenvalue weighted by Gasteiger charge is 2.17. The molecule has 0 fully saturated rings. The first-order valence-corrected chi connectivity index (χ1v) is 18.9. The van der Waals surface area contributed by atoms with Gasteiger partial charge in [-0.1, -0.05) is 188 Å². The van der Waals surface area contributed by atoms with Gasteiger partial charge in [-0.15, -0.1) is 0 Å². The molecule has 1 nitrogen and oxygen atoms in total. The van der Waals surface area contributed by atoms with E-state index < -0.39 is 0 Å². The minimum Gasteiger partial charge on any atom is -0.310 e. The molecular formula is C54H37N. The fourth-order valence-corrected chi connectivity index (χ4v) is 8.23. The number of benzene rings is 10. The average Bonchev–Trinajstić information content (AvgIpc) is 3.26. The van der Waals surface area contributed by atoms with Crippen LogP contribution in [0.15, 0.2) is 224 Å². The Morgan fingerprint density at radius 1 is 0.236 bits per heavy atom. The van der Waals surface area contributed by atoms with E-state index in [4.69, 9.17) is 0 Å². The molecule has 0 heterocycles. The topological polar surface area (TPSA) is 3.24 Å². The van der Waals surface area contributed by atoms with E-state index in [0.29, 0.717) is 0 Å². The summed E-state index contributed by atoms with van der Waals surface area (Å²) < 4.78 is 0. The van der Waals surface area contributed by atoms with Crippen LogP contribution in [-0.2, 0) is 0 Å². The zero-order valence-electron chi connectivity index (χ0n) is 30.3. The molecule has 10 aromatic carbocycles. The van der Waals surface area contributed by atoms with Gasteiger partial charge in [-0.2, -0.15) is 0 Å². The van der Waals surface area contributed by atoms with Crippen LogP contribution in [0.4, 0.5) is 17.1 Å². The number of fused-ring (bicyclic) bond motifs is 3. The second-order valence-corrected chi connectivity index (χ2v) is 14.1. The zero-order valence-corrected chi connectivity index (χ0v) is 30.3. The fraction of sp³-hybridized carbons (Fsp3) is 0. The molecule has 1 heteroatoms. The van der Waals surface area contributed by atoms with Gasteiger partial charge in [-0.25, -0.2) is 0 Å². The van der Waals surface area contributed by atoms with E-state index in [-0.39, 0.29) is 0 Å². The van der Waals surface area contributed by atoms with Gasteiger partial charge in [0.05, 0.1) is 0 Å². The molecule has 55 heavy (non-hydrogen) atoms. The lowest BCUT2D eigenvalue weighted by atomic mass is 9.91. The Balaban J connectivity index is 1.11. The van der Waals surface area contributed by atoms with Crippen molar-refractivity contribution >= 4 is 49.4 Å². The molecule has 0 N–H and O–H groups in total. The zero-order chi connectivity index (χ0) is 36.6. The molecule has 10 rings (SSSR count). The molecule has 0 aliphatic rings. The van der Waals surface area contributed by atoms with Crippen LogP contribution in [0.2, 0.25) is 0 Å². The molecule has 0 aliphatic heterocycles. The summed E-state index contributed by atoms with van der Waals surface area (Å²) in [6.07, 6.45) is 0. The van der Waals surface area contributed by atoms with Gasteiger partial charge in [0.2, 0.25) is 0 Å². The Morgan fingerprint density at radius 2 is 0.636 bits per heavy atom. The quantitative estimate of drug-likeness (QED) is 0.160. The maximum atomic E-state index is 2.38. The lowest BCUT2D eigenvalue weighted by Gasteiger charge is -2.27. The Morgan fingerprint density at radius 3 is 1.20 bits per heavy atom. The molecule has 0 aromatic heterocycles. The van der Waals surface area contributed by atoms with Gasteiger partial charge >= 0.3 is 0 Å². The molecule has 0 aliphatic carbocycles. The Kier molecular flexibility index (Phi) is 8.24. The van der Waals surface area contributed by atoms with Gasteiger partial charge in [0.1, 0.15) is 0 Å². The molecule has 258 valence electrons. The van der Waals surface area contributed by atoms with Crippen molar-refractivity contribution in [3.63, 3.8) is 0 Å². The molecule has 0 unspecified atom stereocenters. The number of anilines is 3. The predicted molar refractivity (Wildman–Crippen MR) is 235 cm³/mol. The molecule has 0 bridgehead atoms. The monoisotopic (exact) mass is 699 g/mol. The van der Waals surface area contributed by atoms with Crippen LogP contribution in [0.3, 0.4) is 0 Å². The molecule has 0 amide bonds. The molecular weight excluding hydrogens is 663 g/mol. The van der Waals surface area contributed by atoms with Crippen LogP contribution in [0, 0.1) is 0 Å². The highest BCUT2D eigenvalue weighted by atomic mass is 15.1. The minimum atomic E-state index is 1.10. The molecule has 10 aromatic rings. The van der Waals surface area contributed by atoms with E-state index in [1.54, 1.807) is 0 Å². The predicted octanol–water partition coefficient (Wildman–Crippen LogP) is 15.3. The van der Waals surface area contributed by atoms with E-state index in [1.165, 1.54) is 76.8 Å². The van der Waals surface area contributed by atoms with E-state index in [2.05, 4.69) is 229 Å². The largest absolute Gasteiger partial charge is 0.310 e. The summed E-state index contributed by atoms with van der Waals surface area (Å²) in [6.45, 7) is 0. The second-order valence-electron chi connectivity index (χ2n) is 14.1. The second kappa shape index (κ2) is 14.0. The number of hydrogen-bond acceptors (Lipinski definition) is 1. The fourth-order valence-electron chi connectivity index (χ4n) is 8.23. The van der Waals surface area contributed by atoms with Crippen molar-refractivity contribution in [1.29, 1.82) is 0 Å². The summed E-state index contributed by atoms with van der Waals surface area (Å²) in [5.41, 5.74) is 13.0. The third kappa shape index (κ3) is 6.02. The van der Waals surface area contributed by atoms with Crippen molar-refractivity contribution in [1.82, 2.24) is 0 Å². The number of nitrogens with zero attached hydrogens (tertiary/aromatic N) is 1. The van der Waals surface area contributed by atoms with Crippen LogP contribution in [-0.4, -0.2) is 0 Å². The van der Waals surface area contributed by atoms with E-state index in [1.807, 2.05) is 0 Å². The smallest absolute Gasteiger partial charge is 0.0467 e. The Labute approximate surface area is 322 Å². The van der Waals surface area contributed by atoms with E-state index >= 15 is 0 Å². The standard InChI is InChI=1S/C54H37N/c1-2-13-40(14-3-1)52-27-11-19-43-20-12-28-53(54(43)52)44-21-8-22-47(37-44)55(45-33-29-41(30-34-45)50-25-9-17-38-15-4-6-23-48(38)50)46-35-31-42(32-36-46)51-26-10-18-39-16-5-7-24-49(39)51/h1-37H.